The largest absolute Gasteiger partial charge is 0.374 e. The van der Waals surface area contributed by atoms with Gasteiger partial charge in [0.1, 0.15) is 0 Å². The summed E-state index contributed by atoms with van der Waals surface area (Å²) in [5, 5.41) is 0. The Bertz CT molecular complexity index is 600. The first-order chi connectivity index (χ1) is 11.2. The van der Waals surface area contributed by atoms with Crippen LogP contribution in [0, 0.1) is 5.92 Å². The van der Waals surface area contributed by atoms with Crippen LogP contribution in [0.4, 0.5) is 0 Å². The van der Waals surface area contributed by atoms with Gasteiger partial charge in [0.05, 0.1) is 18.1 Å². The number of benzene rings is 1. The van der Waals surface area contributed by atoms with Crippen molar-refractivity contribution in [3.05, 3.63) is 35.9 Å². The number of carbonyl (C=O) groups excluding carboxylic acids is 2. The highest BCUT2D eigenvalue weighted by Crippen LogP contribution is 2.40. The van der Waals surface area contributed by atoms with E-state index in [2.05, 4.69) is 0 Å². The standard InChI is InChI=1S/C19H23NO3/c21-17(13-5-2-1-3-6-13)11-14-7-4-10-20(14)19(22)16-12-15-8-9-18(16)23-15/h1-3,5-6,14-16,18H,4,7-12H2. The predicted octanol–water partition coefficient (Wildman–Crippen LogP) is 2.82. The molecule has 1 aromatic carbocycles. The van der Waals surface area contributed by atoms with Crippen molar-refractivity contribution in [2.45, 2.75) is 56.8 Å². The van der Waals surface area contributed by atoms with E-state index in [4.69, 9.17) is 4.74 Å². The molecule has 0 saturated carbocycles. The number of nitrogens with zero attached hydrogens (tertiary/aromatic N) is 1. The highest BCUT2D eigenvalue weighted by atomic mass is 16.5. The van der Waals surface area contributed by atoms with Crippen LogP contribution in [0.5, 0.6) is 0 Å². The van der Waals surface area contributed by atoms with Crippen LogP contribution in [0.3, 0.4) is 0 Å². The van der Waals surface area contributed by atoms with Gasteiger partial charge in [0.2, 0.25) is 5.91 Å². The fourth-order valence-corrected chi connectivity index (χ4v) is 4.40. The first kappa shape index (κ1) is 14.9. The Balaban J connectivity index is 1.42. The second-order valence-corrected chi connectivity index (χ2v) is 7.04. The molecule has 3 aliphatic heterocycles. The lowest BCUT2D eigenvalue weighted by Crippen LogP contribution is -2.43. The van der Waals surface area contributed by atoms with Gasteiger partial charge in [-0.15, -0.1) is 0 Å². The molecule has 0 N–H and O–H groups in total. The Morgan fingerprint density at radius 2 is 1.96 bits per heavy atom. The maximum absolute atomic E-state index is 12.9. The molecule has 4 atom stereocenters. The normalized spacial score (nSPS) is 32.4. The molecule has 4 heteroatoms. The molecule has 3 heterocycles. The van der Waals surface area contributed by atoms with Crippen LogP contribution in [0.15, 0.2) is 30.3 Å². The van der Waals surface area contributed by atoms with E-state index in [1.54, 1.807) is 0 Å². The Kier molecular flexibility index (Phi) is 3.93. The van der Waals surface area contributed by atoms with Crippen molar-refractivity contribution in [3.8, 4) is 0 Å². The molecule has 3 fully saturated rings. The Morgan fingerprint density at radius 1 is 1.13 bits per heavy atom. The molecule has 0 aliphatic carbocycles. The van der Waals surface area contributed by atoms with Crippen molar-refractivity contribution in [1.82, 2.24) is 4.90 Å². The van der Waals surface area contributed by atoms with Crippen LogP contribution in [0.25, 0.3) is 0 Å². The second-order valence-electron chi connectivity index (χ2n) is 7.04. The minimum Gasteiger partial charge on any atom is -0.374 e. The number of hydrogen-bond donors (Lipinski definition) is 0. The lowest BCUT2D eigenvalue weighted by molar-refractivity contribution is -0.137. The smallest absolute Gasteiger partial charge is 0.228 e. The van der Waals surface area contributed by atoms with E-state index in [1.165, 1.54) is 0 Å². The fourth-order valence-electron chi connectivity index (χ4n) is 4.40. The molecule has 4 nitrogen and oxygen atoms in total. The second kappa shape index (κ2) is 6.08. The van der Waals surface area contributed by atoms with Gasteiger partial charge < -0.3 is 9.64 Å². The highest BCUT2D eigenvalue weighted by Gasteiger charge is 2.47. The van der Waals surface area contributed by atoms with Crippen LogP contribution < -0.4 is 0 Å². The summed E-state index contributed by atoms with van der Waals surface area (Å²) in [6.07, 6.45) is 5.79. The topological polar surface area (TPSA) is 46.6 Å². The number of fused-ring (bicyclic) bond motifs is 2. The van der Waals surface area contributed by atoms with Gasteiger partial charge in [-0.3, -0.25) is 9.59 Å². The van der Waals surface area contributed by atoms with Crippen LogP contribution >= 0.6 is 0 Å². The average Bonchev–Trinajstić information content (AvgIpc) is 3.31. The van der Waals surface area contributed by atoms with Crippen molar-refractivity contribution in [3.63, 3.8) is 0 Å². The molecule has 4 unspecified atom stereocenters. The Morgan fingerprint density at radius 3 is 2.65 bits per heavy atom. The van der Waals surface area contributed by atoms with Gasteiger partial charge in [0.15, 0.2) is 5.78 Å². The minimum absolute atomic E-state index is 0.0289. The zero-order valence-corrected chi connectivity index (χ0v) is 13.3. The number of amides is 1. The summed E-state index contributed by atoms with van der Waals surface area (Å²) in [6.45, 7) is 0.791. The van der Waals surface area contributed by atoms with Crippen molar-refractivity contribution in [2.75, 3.05) is 6.54 Å². The third kappa shape index (κ3) is 2.80. The molecule has 0 radical (unpaired) electrons. The van der Waals surface area contributed by atoms with Crippen molar-refractivity contribution in [1.29, 1.82) is 0 Å². The van der Waals surface area contributed by atoms with Gasteiger partial charge in [-0.2, -0.15) is 0 Å². The van der Waals surface area contributed by atoms with Crippen molar-refractivity contribution in [2.24, 2.45) is 5.92 Å². The maximum Gasteiger partial charge on any atom is 0.228 e. The van der Waals surface area contributed by atoms with Crippen molar-refractivity contribution >= 4 is 11.7 Å². The number of rotatable bonds is 4. The van der Waals surface area contributed by atoms with Crippen LogP contribution in [-0.4, -0.2) is 41.4 Å². The van der Waals surface area contributed by atoms with E-state index in [-0.39, 0.29) is 29.8 Å². The van der Waals surface area contributed by atoms with E-state index >= 15 is 0 Å². The molecular weight excluding hydrogens is 290 g/mol. The molecule has 3 saturated heterocycles. The maximum atomic E-state index is 12.9. The minimum atomic E-state index is 0.0289. The van der Waals surface area contributed by atoms with E-state index in [1.807, 2.05) is 35.2 Å². The highest BCUT2D eigenvalue weighted by molar-refractivity contribution is 5.96. The summed E-state index contributed by atoms with van der Waals surface area (Å²) in [4.78, 5) is 27.3. The molecule has 0 spiro atoms. The SMILES string of the molecule is O=C(CC1CCCN1C(=O)C1CC2CCC1O2)c1ccccc1. The molecule has 4 rings (SSSR count). The van der Waals surface area contributed by atoms with Crippen LogP contribution in [-0.2, 0) is 9.53 Å². The molecule has 3 aliphatic rings. The molecule has 1 aromatic rings. The lowest BCUT2D eigenvalue weighted by atomic mass is 9.88. The van der Waals surface area contributed by atoms with E-state index in [9.17, 15) is 9.59 Å². The van der Waals surface area contributed by atoms with Crippen molar-refractivity contribution < 1.29 is 14.3 Å². The lowest BCUT2D eigenvalue weighted by Gasteiger charge is -2.29. The number of Topliss-reactive ketones (excluding diaryl/α,β-unsaturated/α-hetero) is 1. The quantitative estimate of drug-likeness (QED) is 0.803. The van der Waals surface area contributed by atoms with E-state index in [0.717, 1.165) is 44.2 Å². The summed E-state index contributed by atoms with van der Waals surface area (Å²) >= 11 is 0. The monoisotopic (exact) mass is 313 g/mol. The fraction of sp³-hybridized carbons (Fsp3) is 0.579. The number of likely N-dealkylation sites (tertiary alicyclic amines) is 1. The molecule has 1 amide bonds. The summed E-state index contributed by atoms with van der Waals surface area (Å²) in [5.74, 6) is 0.390. The average molecular weight is 313 g/mol. The third-order valence-electron chi connectivity index (χ3n) is 5.60. The zero-order valence-electron chi connectivity index (χ0n) is 13.3. The van der Waals surface area contributed by atoms with E-state index < -0.39 is 0 Å². The Hall–Kier alpha value is -1.68. The zero-order chi connectivity index (χ0) is 15.8. The molecular formula is C19H23NO3. The first-order valence-corrected chi connectivity index (χ1v) is 8.76. The van der Waals surface area contributed by atoms with Gasteiger partial charge in [0.25, 0.3) is 0 Å². The van der Waals surface area contributed by atoms with Gasteiger partial charge >= 0.3 is 0 Å². The molecule has 23 heavy (non-hydrogen) atoms. The Labute approximate surface area is 136 Å². The summed E-state index contributed by atoms with van der Waals surface area (Å²) in [6, 6.07) is 9.46. The van der Waals surface area contributed by atoms with Gasteiger partial charge in [-0.25, -0.2) is 0 Å². The predicted molar refractivity (Wildman–Crippen MR) is 86.1 cm³/mol. The van der Waals surface area contributed by atoms with Crippen LogP contribution in [0.1, 0.15) is 48.9 Å². The number of hydrogen-bond acceptors (Lipinski definition) is 3. The summed E-state index contributed by atoms with van der Waals surface area (Å²) < 4.78 is 5.84. The van der Waals surface area contributed by atoms with E-state index in [0.29, 0.717) is 12.5 Å². The van der Waals surface area contributed by atoms with Gasteiger partial charge in [0, 0.05) is 24.6 Å². The number of ketones is 1. The number of ether oxygens (including phenoxy) is 1. The van der Waals surface area contributed by atoms with Gasteiger partial charge in [-0.05, 0) is 32.1 Å². The third-order valence-corrected chi connectivity index (χ3v) is 5.60. The van der Waals surface area contributed by atoms with Gasteiger partial charge in [-0.1, -0.05) is 30.3 Å². The molecule has 0 aromatic heterocycles. The van der Waals surface area contributed by atoms with Crippen LogP contribution in [0.2, 0.25) is 0 Å². The summed E-state index contributed by atoms with van der Waals surface area (Å²) in [7, 11) is 0. The first-order valence-electron chi connectivity index (χ1n) is 8.76. The number of carbonyl (C=O) groups is 2. The molecule has 122 valence electrons. The summed E-state index contributed by atoms with van der Waals surface area (Å²) in [5.41, 5.74) is 0.745. The molecule has 2 bridgehead atoms.